The van der Waals surface area contributed by atoms with E-state index >= 15 is 0 Å². The van der Waals surface area contributed by atoms with Crippen molar-refractivity contribution in [3.63, 3.8) is 0 Å². The number of hydrogen-bond donors (Lipinski definition) is 1. The molecule has 2 N–H and O–H groups in total. The molecule has 1 aromatic carbocycles. The molecule has 0 saturated carbocycles. The number of nitrogen functional groups attached to an aromatic ring is 1. The number of anilines is 1. The van der Waals surface area contributed by atoms with Crippen molar-refractivity contribution in [3.8, 4) is 0 Å². The molecule has 1 saturated heterocycles. The Hall–Kier alpha value is -1.60. The second-order valence-corrected chi connectivity index (χ2v) is 7.36. The maximum absolute atomic E-state index is 12.5. The van der Waals surface area contributed by atoms with Crippen LogP contribution in [0.1, 0.15) is 18.4 Å². The standard InChI is InChI=1S/C14H21N3O3S/c1-11(12-4-3-5-13(15)10-12)14(18)16-6-8-17(9-7-16)21(2,19)20/h3-5,10-11H,6-9,15H2,1-2H3. The second kappa shape index (κ2) is 6.03. The molecule has 0 bridgehead atoms. The van der Waals surface area contributed by atoms with E-state index in [-0.39, 0.29) is 11.8 Å². The third-order valence-electron chi connectivity index (χ3n) is 3.80. The molecule has 0 aliphatic carbocycles. The van der Waals surface area contributed by atoms with Crippen LogP contribution in [0.5, 0.6) is 0 Å². The van der Waals surface area contributed by atoms with Crippen molar-refractivity contribution in [2.75, 3.05) is 38.2 Å². The molecule has 1 aliphatic heterocycles. The predicted octanol–water partition coefficient (Wildman–Crippen LogP) is 0.476. The zero-order valence-electron chi connectivity index (χ0n) is 12.3. The summed E-state index contributed by atoms with van der Waals surface area (Å²) in [5, 5.41) is 0. The highest BCUT2D eigenvalue weighted by atomic mass is 32.2. The van der Waals surface area contributed by atoms with Gasteiger partial charge in [-0.15, -0.1) is 0 Å². The molecule has 0 radical (unpaired) electrons. The maximum atomic E-state index is 12.5. The summed E-state index contributed by atoms with van der Waals surface area (Å²) in [6.45, 7) is 3.42. The summed E-state index contributed by atoms with van der Waals surface area (Å²) in [5.74, 6) is -0.271. The predicted molar refractivity (Wildman–Crippen MR) is 82.3 cm³/mol. The van der Waals surface area contributed by atoms with Crippen LogP contribution in [0.4, 0.5) is 5.69 Å². The molecule has 1 fully saturated rings. The van der Waals surface area contributed by atoms with Crippen LogP contribution in [0.25, 0.3) is 0 Å². The van der Waals surface area contributed by atoms with Crippen LogP contribution >= 0.6 is 0 Å². The van der Waals surface area contributed by atoms with Crippen LogP contribution < -0.4 is 5.73 Å². The maximum Gasteiger partial charge on any atom is 0.229 e. The van der Waals surface area contributed by atoms with E-state index in [9.17, 15) is 13.2 Å². The van der Waals surface area contributed by atoms with Gasteiger partial charge in [-0.2, -0.15) is 4.31 Å². The van der Waals surface area contributed by atoms with E-state index in [1.165, 1.54) is 10.6 Å². The molecule has 1 heterocycles. The number of nitrogens with zero attached hydrogens (tertiary/aromatic N) is 2. The van der Waals surface area contributed by atoms with Gasteiger partial charge in [0.05, 0.1) is 12.2 Å². The second-order valence-electron chi connectivity index (χ2n) is 5.38. The van der Waals surface area contributed by atoms with Crippen LogP contribution in [0, 0.1) is 0 Å². The SMILES string of the molecule is CC(C(=O)N1CCN(S(C)(=O)=O)CC1)c1cccc(N)c1. The Bertz CT molecular complexity index is 622. The molecule has 2 rings (SSSR count). The molecule has 1 aliphatic rings. The first-order valence-corrected chi connectivity index (χ1v) is 8.73. The van der Waals surface area contributed by atoms with Gasteiger partial charge in [0.2, 0.25) is 15.9 Å². The van der Waals surface area contributed by atoms with Gasteiger partial charge in [0.25, 0.3) is 0 Å². The number of rotatable bonds is 3. The number of carbonyl (C=O) groups excluding carboxylic acids is 1. The number of piperazine rings is 1. The van der Waals surface area contributed by atoms with Crippen LogP contribution in [0.2, 0.25) is 0 Å². The minimum atomic E-state index is -3.17. The van der Waals surface area contributed by atoms with Crippen molar-refractivity contribution >= 4 is 21.6 Å². The van der Waals surface area contributed by atoms with Gasteiger partial charge in [-0.3, -0.25) is 4.79 Å². The Labute approximate surface area is 125 Å². The summed E-state index contributed by atoms with van der Waals surface area (Å²) in [7, 11) is -3.17. The molecule has 6 nitrogen and oxygen atoms in total. The number of benzene rings is 1. The van der Waals surface area contributed by atoms with Crippen molar-refractivity contribution in [1.82, 2.24) is 9.21 Å². The fourth-order valence-corrected chi connectivity index (χ4v) is 3.31. The fraction of sp³-hybridized carbons (Fsp3) is 0.500. The number of nitrogens with two attached hydrogens (primary N) is 1. The molecular weight excluding hydrogens is 290 g/mol. The number of sulfonamides is 1. The summed E-state index contributed by atoms with van der Waals surface area (Å²) in [6.07, 6.45) is 1.19. The lowest BCUT2D eigenvalue weighted by atomic mass is 9.99. The molecular formula is C14H21N3O3S. The number of hydrogen-bond acceptors (Lipinski definition) is 4. The van der Waals surface area contributed by atoms with E-state index < -0.39 is 10.0 Å². The monoisotopic (exact) mass is 311 g/mol. The van der Waals surface area contributed by atoms with Gasteiger partial charge in [-0.1, -0.05) is 12.1 Å². The van der Waals surface area contributed by atoms with E-state index in [1.807, 2.05) is 19.1 Å². The lowest BCUT2D eigenvalue weighted by Gasteiger charge is -2.34. The van der Waals surface area contributed by atoms with E-state index in [0.717, 1.165) is 5.56 Å². The molecule has 1 amide bonds. The molecule has 0 aromatic heterocycles. The van der Waals surface area contributed by atoms with Gasteiger partial charge in [0.15, 0.2) is 0 Å². The smallest absolute Gasteiger partial charge is 0.229 e. The minimum absolute atomic E-state index is 0.00810. The highest BCUT2D eigenvalue weighted by molar-refractivity contribution is 7.88. The lowest BCUT2D eigenvalue weighted by molar-refractivity contribution is -0.133. The molecule has 0 spiro atoms. The zero-order valence-corrected chi connectivity index (χ0v) is 13.1. The van der Waals surface area contributed by atoms with Crippen LogP contribution in [-0.2, 0) is 14.8 Å². The van der Waals surface area contributed by atoms with Gasteiger partial charge >= 0.3 is 0 Å². The number of carbonyl (C=O) groups is 1. The summed E-state index contributed by atoms with van der Waals surface area (Å²) in [4.78, 5) is 14.2. The summed E-state index contributed by atoms with van der Waals surface area (Å²) < 4.78 is 24.3. The number of amides is 1. The quantitative estimate of drug-likeness (QED) is 0.823. The van der Waals surface area contributed by atoms with Crippen LogP contribution in [0.3, 0.4) is 0 Å². The van der Waals surface area contributed by atoms with Crippen molar-refractivity contribution in [3.05, 3.63) is 29.8 Å². The summed E-state index contributed by atoms with van der Waals surface area (Å²) in [5.41, 5.74) is 7.26. The summed E-state index contributed by atoms with van der Waals surface area (Å²) >= 11 is 0. The average Bonchev–Trinajstić information content (AvgIpc) is 2.45. The lowest BCUT2D eigenvalue weighted by Crippen LogP contribution is -2.51. The first-order chi connectivity index (χ1) is 9.79. The van der Waals surface area contributed by atoms with Gasteiger partial charge in [-0.05, 0) is 24.6 Å². The van der Waals surface area contributed by atoms with Crippen molar-refractivity contribution in [2.45, 2.75) is 12.8 Å². The Morgan fingerprint density at radius 1 is 1.24 bits per heavy atom. The van der Waals surface area contributed by atoms with Gasteiger partial charge < -0.3 is 10.6 Å². The van der Waals surface area contributed by atoms with E-state index in [2.05, 4.69) is 0 Å². The van der Waals surface area contributed by atoms with Gasteiger partial charge in [0.1, 0.15) is 0 Å². The third-order valence-corrected chi connectivity index (χ3v) is 5.10. The van der Waals surface area contributed by atoms with Gasteiger partial charge in [0, 0.05) is 31.9 Å². The first-order valence-electron chi connectivity index (χ1n) is 6.88. The molecule has 21 heavy (non-hydrogen) atoms. The molecule has 1 aromatic rings. The molecule has 1 atom stereocenters. The average molecular weight is 311 g/mol. The minimum Gasteiger partial charge on any atom is -0.399 e. The Morgan fingerprint density at radius 2 is 1.86 bits per heavy atom. The van der Waals surface area contributed by atoms with E-state index in [1.54, 1.807) is 17.0 Å². The third kappa shape index (κ3) is 3.74. The molecule has 116 valence electrons. The van der Waals surface area contributed by atoms with Crippen molar-refractivity contribution in [1.29, 1.82) is 0 Å². The Morgan fingerprint density at radius 3 is 2.38 bits per heavy atom. The topological polar surface area (TPSA) is 83.7 Å². The normalized spacial score (nSPS) is 18.5. The Kier molecular flexibility index (Phi) is 4.53. The van der Waals surface area contributed by atoms with Gasteiger partial charge in [-0.25, -0.2) is 8.42 Å². The zero-order chi connectivity index (χ0) is 15.6. The van der Waals surface area contributed by atoms with Crippen molar-refractivity contribution in [2.24, 2.45) is 0 Å². The Balaban J connectivity index is 2.02. The van der Waals surface area contributed by atoms with E-state index in [4.69, 9.17) is 5.73 Å². The summed E-state index contributed by atoms with van der Waals surface area (Å²) in [6, 6.07) is 7.29. The molecule has 7 heteroatoms. The fourth-order valence-electron chi connectivity index (χ4n) is 2.48. The van der Waals surface area contributed by atoms with Crippen molar-refractivity contribution < 1.29 is 13.2 Å². The molecule has 1 unspecified atom stereocenters. The highest BCUT2D eigenvalue weighted by Crippen LogP contribution is 2.21. The highest BCUT2D eigenvalue weighted by Gasteiger charge is 2.28. The van der Waals surface area contributed by atoms with Crippen LogP contribution in [-0.4, -0.2) is 56.0 Å². The van der Waals surface area contributed by atoms with E-state index in [0.29, 0.717) is 31.9 Å². The first kappa shape index (κ1) is 15.8. The largest absolute Gasteiger partial charge is 0.399 e. The van der Waals surface area contributed by atoms with Crippen LogP contribution in [0.15, 0.2) is 24.3 Å².